The normalized spacial score (nSPS) is 10.6. The van der Waals surface area contributed by atoms with E-state index < -0.39 is 6.09 Å². The summed E-state index contributed by atoms with van der Waals surface area (Å²) in [5, 5.41) is 3.44. The number of aryl methyl sites for hydroxylation is 1. The van der Waals surface area contributed by atoms with Crippen molar-refractivity contribution in [2.24, 2.45) is 0 Å². The van der Waals surface area contributed by atoms with Gasteiger partial charge in [0.15, 0.2) is 5.75 Å². The van der Waals surface area contributed by atoms with E-state index in [1.165, 1.54) is 19.2 Å². The van der Waals surface area contributed by atoms with Crippen LogP contribution in [0.4, 0.5) is 9.18 Å². The molecule has 0 unspecified atom stereocenters. The molecule has 3 rings (SSSR count). The summed E-state index contributed by atoms with van der Waals surface area (Å²) in [6.07, 6.45) is -0.672. The van der Waals surface area contributed by atoms with Crippen molar-refractivity contribution in [3.8, 4) is 11.6 Å². The lowest BCUT2D eigenvalue weighted by molar-refractivity contribution is 0.197. The van der Waals surface area contributed by atoms with Crippen molar-refractivity contribution in [1.29, 1.82) is 0 Å². The largest absolute Gasteiger partial charge is 0.478 e. The molecule has 134 valence electrons. The van der Waals surface area contributed by atoms with Gasteiger partial charge in [-0.15, -0.1) is 0 Å². The number of halogens is 2. The quantitative estimate of drug-likeness (QED) is 0.664. The monoisotopic (exact) mass is 418 g/mol. The maximum absolute atomic E-state index is 13.2. The Kier molecular flexibility index (Phi) is 5.37. The Morgan fingerprint density at radius 1 is 1.27 bits per heavy atom. The highest BCUT2D eigenvalue weighted by Gasteiger charge is 2.17. The number of nitrogens with one attached hydrogen (secondary N) is 1. The van der Waals surface area contributed by atoms with Crippen LogP contribution < -0.4 is 14.8 Å². The number of amides is 1. The van der Waals surface area contributed by atoms with Crippen molar-refractivity contribution in [2.45, 2.75) is 13.5 Å². The van der Waals surface area contributed by atoms with Gasteiger partial charge in [-0.05, 0) is 36.8 Å². The van der Waals surface area contributed by atoms with Crippen molar-refractivity contribution >= 4 is 32.9 Å². The zero-order chi connectivity index (χ0) is 18.7. The molecule has 3 aromatic rings. The van der Waals surface area contributed by atoms with Gasteiger partial charge in [-0.1, -0.05) is 34.1 Å². The highest BCUT2D eigenvalue weighted by Crippen LogP contribution is 2.35. The van der Waals surface area contributed by atoms with Gasteiger partial charge in [0, 0.05) is 22.0 Å². The molecule has 1 aromatic heterocycles. The fraction of sp³-hybridized carbons (Fsp3) is 0.158. The number of pyridine rings is 1. The Hall–Kier alpha value is -2.67. The van der Waals surface area contributed by atoms with Crippen molar-refractivity contribution in [3.63, 3.8) is 0 Å². The van der Waals surface area contributed by atoms with E-state index in [1.807, 2.05) is 25.1 Å². The summed E-state index contributed by atoms with van der Waals surface area (Å²) in [6, 6.07) is 11.6. The first-order valence-corrected chi connectivity index (χ1v) is 8.61. The Morgan fingerprint density at radius 2 is 2.08 bits per heavy atom. The molecule has 26 heavy (non-hydrogen) atoms. The summed E-state index contributed by atoms with van der Waals surface area (Å²) in [7, 11) is 1.46. The predicted molar refractivity (Wildman–Crippen MR) is 100.0 cm³/mol. The fourth-order valence-electron chi connectivity index (χ4n) is 2.57. The van der Waals surface area contributed by atoms with Gasteiger partial charge in [0.1, 0.15) is 5.82 Å². The van der Waals surface area contributed by atoms with Crippen molar-refractivity contribution in [3.05, 3.63) is 63.9 Å². The number of hydrogen-bond acceptors (Lipinski definition) is 4. The second kappa shape index (κ2) is 7.70. The molecule has 1 N–H and O–H groups in total. The maximum Gasteiger partial charge on any atom is 0.413 e. The Labute approximate surface area is 158 Å². The summed E-state index contributed by atoms with van der Waals surface area (Å²) in [6.45, 7) is 1.97. The smallest absolute Gasteiger partial charge is 0.413 e. The lowest BCUT2D eigenvalue weighted by Gasteiger charge is -2.14. The van der Waals surface area contributed by atoms with E-state index in [0.717, 1.165) is 20.9 Å². The molecule has 0 bridgehead atoms. The number of nitrogens with zero attached hydrogens (tertiary/aromatic N) is 1. The maximum atomic E-state index is 13.2. The molecule has 0 fully saturated rings. The van der Waals surface area contributed by atoms with Crippen molar-refractivity contribution in [2.75, 3.05) is 7.11 Å². The van der Waals surface area contributed by atoms with Gasteiger partial charge in [0.25, 0.3) is 5.88 Å². The Bertz CT molecular complexity index is 978. The van der Waals surface area contributed by atoms with E-state index >= 15 is 0 Å². The Balaban J connectivity index is 1.82. The lowest BCUT2D eigenvalue weighted by Crippen LogP contribution is -2.26. The molecule has 0 saturated carbocycles. The van der Waals surface area contributed by atoms with E-state index in [2.05, 4.69) is 26.2 Å². The topological polar surface area (TPSA) is 60.5 Å². The summed E-state index contributed by atoms with van der Waals surface area (Å²) < 4.78 is 24.8. The van der Waals surface area contributed by atoms with Crippen LogP contribution in [0.1, 0.15) is 11.1 Å². The average Bonchev–Trinajstić information content (AvgIpc) is 2.62. The SMILES string of the molecule is COc1nc2cc(Br)ccc2c(C)c1OC(=O)NCc1cccc(F)c1. The van der Waals surface area contributed by atoms with E-state index in [-0.39, 0.29) is 24.0 Å². The molecule has 0 radical (unpaired) electrons. The summed E-state index contributed by atoms with van der Waals surface area (Å²) >= 11 is 3.41. The standard InChI is InChI=1S/C19H16BrFN2O3/c1-11-15-7-6-13(20)9-16(15)23-18(25-2)17(11)26-19(24)22-10-12-4-3-5-14(21)8-12/h3-9H,10H2,1-2H3,(H,22,24). The van der Waals surface area contributed by atoms with E-state index in [4.69, 9.17) is 9.47 Å². The number of benzene rings is 2. The molecule has 0 aliphatic rings. The van der Waals surface area contributed by atoms with Gasteiger partial charge < -0.3 is 14.8 Å². The van der Waals surface area contributed by atoms with Crippen LogP contribution in [0.5, 0.6) is 11.6 Å². The van der Waals surface area contributed by atoms with Gasteiger partial charge >= 0.3 is 6.09 Å². The number of hydrogen-bond donors (Lipinski definition) is 1. The number of fused-ring (bicyclic) bond motifs is 1. The van der Waals surface area contributed by atoms with Gasteiger partial charge in [-0.3, -0.25) is 0 Å². The molecule has 1 amide bonds. The molecule has 5 nitrogen and oxygen atoms in total. The number of ether oxygens (including phenoxy) is 2. The van der Waals surface area contributed by atoms with Crippen molar-refractivity contribution in [1.82, 2.24) is 10.3 Å². The first-order valence-electron chi connectivity index (χ1n) is 7.82. The van der Waals surface area contributed by atoms with E-state index in [9.17, 15) is 9.18 Å². The minimum absolute atomic E-state index is 0.145. The third-order valence-corrected chi connectivity index (χ3v) is 4.33. The van der Waals surface area contributed by atoms with Crippen molar-refractivity contribution < 1.29 is 18.7 Å². The zero-order valence-electron chi connectivity index (χ0n) is 14.2. The molecular formula is C19H16BrFN2O3. The average molecular weight is 419 g/mol. The van der Waals surface area contributed by atoms with Crippen LogP contribution in [0.15, 0.2) is 46.9 Å². The molecule has 2 aromatic carbocycles. The van der Waals surface area contributed by atoms with Crippen LogP contribution in [-0.2, 0) is 6.54 Å². The van der Waals surface area contributed by atoms with Crippen LogP contribution in [0, 0.1) is 12.7 Å². The van der Waals surface area contributed by atoms with Gasteiger partial charge in [0.05, 0.1) is 12.6 Å². The van der Waals surface area contributed by atoms with Crippen LogP contribution in [-0.4, -0.2) is 18.2 Å². The van der Waals surface area contributed by atoms with Crippen LogP contribution in [0.2, 0.25) is 0 Å². The lowest BCUT2D eigenvalue weighted by atomic mass is 10.1. The molecule has 7 heteroatoms. The molecule has 0 saturated heterocycles. The number of rotatable bonds is 4. The minimum atomic E-state index is -0.672. The molecular weight excluding hydrogens is 403 g/mol. The van der Waals surface area contributed by atoms with Gasteiger partial charge in [-0.25, -0.2) is 14.2 Å². The summed E-state index contributed by atoms with van der Waals surface area (Å²) in [4.78, 5) is 16.6. The number of aromatic nitrogens is 1. The Morgan fingerprint density at radius 3 is 2.81 bits per heavy atom. The number of methoxy groups -OCH3 is 1. The molecule has 0 aliphatic heterocycles. The van der Waals surface area contributed by atoms with Gasteiger partial charge in [-0.2, -0.15) is 0 Å². The second-order valence-electron chi connectivity index (χ2n) is 5.61. The third-order valence-electron chi connectivity index (χ3n) is 3.83. The molecule has 0 spiro atoms. The minimum Gasteiger partial charge on any atom is -0.478 e. The fourth-order valence-corrected chi connectivity index (χ4v) is 2.91. The molecule has 0 atom stereocenters. The first kappa shape index (κ1) is 18.1. The summed E-state index contributed by atoms with van der Waals surface area (Å²) in [5.74, 6) is 0.105. The second-order valence-corrected chi connectivity index (χ2v) is 6.53. The predicted octanol–water partition coefficient (Wildman–Crippen LogP) is 4.74. The third kappa shape index (κ3) is 3.94. The molecule has 1 heterocycles. The van der Waals surface area contributed by atoms with Crippen LogP contribution in [0.25, 0.3) is 10.9 Å². The van der Waals surface area contributed by atoms with E-state index in [0.29, 0.717) is 5.56 Å². The van der Waals surface area contributed by atoms with E-state index in [1.54, 1.807) is 12.1 Å². The molecule has 0 aliphatic carbocycles. The first-order chi connectivity index (χ1) is 12.5. The van der Waals surface area contributed by atoms with Crippen LogP contribution in [0.3, 0.4) is 0 Å². The zero-order valence-corrected chi connectivity index (χ0v) is 15.8. The highest BCUT2D eigenvalue weighted by atomic mass is 79.9. The summed E-state index contributed by atoms with van der Waals surface area (Å²) in [5.41, 5.74) is 2.09. The van der Waals surface area contributed by atoms with Gasteiger partial charge in [0.2, 0.25) is 0 Å². The number of carbonyl (C=O) groups excluding carboxylic acids is 1. The number of carbonyl (C=O) groups is 1. The van der Waals surface area contributed by atoms with Crippen LogP contribution >= 0.6 is 15.9 Å². The highest BCUT2D eigenvalue weighted by molar-refractivity contribution is 9.10.